The normalized spacial score (nSPS) is 10.3. The zero-order valence-corrected chi connectivity index (χ0v) is 17.8. The maximum absolute atomic E-state index is 12.3. The molecular weight excluding hydrogens is 378 g/mol. The lowest BCUT2D eigenvalue weighted by atomic mass is 10.1. The summed E-state index contributed by atoms with van der Waals surface area (Å²) >= 11 is 1.54. The summed E-state index contributed by atoms with van der Waals surface area (Å²) < 4.78 is 21.5. The molecule has 2 rings (SSSR count). The summed E-state index contributed by atoms with van der Waals surface area (Å²) in [4.78, 5) is 12.3. The Bertz CT molecular complexity index is 810. The van der Waals surface area contributed by atoms with Gasteiger partial charge in [0.05, 0.1) is 33.7 Å². The summed E-state index contributed by atoms with van der Waals surface area (Å²) in [6.45, 7) is 4.48. The molecule has 0 aliphatic carbocycles. The maximum atomic E-state index is 12.3. The third-order valence-corrected chi connectivity index (χ3v) is 5.06. The highest BCUT2D eigenvalue weighted by atomic mass is 32.2. The molecule has 0 heterocycles. The van der Waals surface area contributed by atoms with E-state index in [1.165, 1.54) is 11.8 Å². The van der Waals surface area contributed by atoms with Crippen LogP contribution < -0.4 is 24.3 Å². The molecule has 2 aromatic carbocycles. The minimum absolute atomic E-state index is 0.0747. The van der Waals surface area contributed by atoms with Crippen molar-refractivity contribution in [3.63, 3.8) is 0 Å². The van der Waals surface area contributed by atoms with E-state index in [1.54, 1.807) is 39.5 Å². The van der Waals surface area contributed by atoms with Crippen LogP contribution in [0.3, 0.4) is 0 Å². The number of rotatable bonds is 10. The van der Waals surface area contributed by atoms with E-state index in [0.717, 1.165) is 11.1 Å². The van der Waals surface area contributed by atoms with Gasteiger partial charge in [0, 0.05) is 17.5 Å². The number of carbonyl (C=O) groups excluding carboxylic acids is 1. The van der Waals surface area contributed by atoms with Crippen LogP contribution in [0.25, 0.3) is 0 Å². The Morgan fingerprint density at radius 3 is 2.25 bits per heavy atom. The Kier molecular flexibility index (Phi) is 8.32. The molecule has 0 aliphatic rings. The van der Waals surface area contributed by atoms with Gasteiger partial charge >= 0.3 is 0 Å². The Morgan fingerprint density at radius 2 is 1.61 bits per heavy atom. The molecule has 2 aromatic rings. The molecule has 152 valence electrons. The summed E-state index contributed by atoms with van der Waals surface area (Å²) in [7, 11) is 4.80. The largest absolute Gasteiger partial charge is 0.493 e. The number of carbonyl (C=O) groups is 1. The van der Waals surface area contributed by atoms with E-state index in [-0.39, 0.29) is 5.91 Å². The SMILES string of the molecule is CCOc1ccc(NC(=O)CSCc2cc(OC)c(OC)cc2C)cc1OC. The van der Waals surface area contributed by atoms with E-state index < -0.39 is 0 Å². The number of amides is 1. The number of anilines is 1. The molecular formula is C21H27NO5S. The van der Waals surface area contributed by atoms with Gasteiger partial charge in [0.2, 0.25) is 5.91 Å². The smallest absolute Gasteiger partial charge is 0.234 e. The number of hydrogen-bond acceptors (Lipinski definition) is 6. The molecule has 0 spiro atoms. The quantitative estimate of drug-likeness (QED) is 0.636. The van der Waals surface area contributed by atoms with Crippen molar-refractivity contribution in [3.8, 4) is 23.0 Å². The third kappa shape index (κ3) is 5.73. The van der Waals surface area contributed by atoms with Gasteiger partial charge in [0.15, 0.2) is 23.0 Å². The molecule has 0 aromatic heterocycles. The molecule has 0 fully saturated rings. The van der Waals surface area contributed by atoms with Gasteiger partial charge < -0.3 is 24.3 Å². The van der Waals surface area contributed by atoms with Gasteiger partial charge in [-0.1, -0.05) is 0 Å². The molecule has 0 bridgehead atoms. The Morgan fingerprint density at radius 1 is 0.964 bits per heavy atom. The van der Waals surface area contributed by atoms with E-state index in [0.29, 0.717) is 46.8 Å². The Balaban J connectivity index is 1.93. The molecule has 0 atom stereocenters. The van der Waals surface area contributed by atoms with Crippen LogP contribution in [0.2, 0.25) is 0 Å². The molecule has 0 saturated carbocycles. The maximum Gasteiger partial charge on any atom is 0.234 e. The van der Waals surface area contributed by atoms with E-state index in [4.69, 9.17) is 18.9 Å². The second kappa shape index (κ2) is 10.7. The highest BCUT2D eigenvalue weighted by Gasteiger charge is 2.11. The molecule has 1 amide bonds. The number of methoxy groups -OCH3 is 3. The molecule has 28 heavy (non-hydrogen) atoms. The summed E-state index contributed by atoms with van der Waals surface area (Å²) in [5, 5.41) is 2.89. The average Bonchev–Trinajstić information content (AvgIpc) is 2.70. The van der Waals surface area contributed by atoms with Crippen molar-refractivity contribution < 1.29 is 23.7 Å². The van der Waals surface area contributed by atoms with Crippen molar-refractivity contribution in [3.05, 3.63) is 41.5 Å². The minimum atomic E-state index is -0.0747. The van der Waals surface area contributed by atoms with Gasteiger partial charge in [-0.05, 0) is 49.2 Å². The summed E-state index contributed by atoms with van der Waals surface area (Å²) in [6, 6.07) is 9.25. The highest BCUT2D eigenvalue weighted by Crippen LogP contribution is 2.32. The number of ether oxygens (including phenoxy) is 4. The predicted octanol–water partition coefficient (Wildman–Crippen LogP) is 4.29. The van der Waals surface area contributed by atoms with Crippen molar-refractivity contribution in [2.75, 3.05) is 39.0 Å². The molecule has 0 radical (unpaired) electrons. The third-order valence-electron chi connectivity index (χ3n) is 4.08. The zero-order chi connectivity index (χ0) is 20.5. The van der Waals surface area contributed by atoms with Crippen LogP contribution in [-0.2, 0) is 10.5 Å². The Hall–Kier alpha value is -2.54. The topological polar surface area (TPSA) is 66.0 Å². The summed E-state index contributed by atoms with van der Waals surface area (Å²) in [6.07, 6.45) is 0. The van der Waals surface area contributed by atoms with Crippen LogP contribution in [0.4, 0.5) is 5.69 Å². The van der Waals surface area contributed by atoms with Crippen molar-refractivity contribution in [2.45, 2.75) is 19.6 Å². The van der Waals surface area contributed by atoms with Gasteiger partial charge in [-0.3, -0.25) is 4.79 Å². The van der Waals surface area contributed by atoms with Crippen molar-refractivity contribution in [1.29, 1.82) is 0 Å². The zero-order valence-electron chi connectivity index (χ0n) is 17.0. The second-order valence-corrected chi connectivity index (χ2v) is 6.96. The molecule has 0 aliphatic heterocycles. The van der Waals surface area contributed by atoms with E-state index >= 15 is 0 Å². The molecule has 0 unspecified atom stereocenters. The fraction of sp³-hybridized carbons (Fsp3) is 0.381. The van der Waals surface area contributed by atoms with Gasteiger partial charge in [-0.25, -0.2) is 0 Å². The first-order valence-corrected chi connectivity index (χ1v) is 10.1. The fourth-order valence-electron chi connectivity index (χ4n) is 2.65. The molecule has 1 N–H and O–H groups in total. The average molecular weight is 406 g/mol. The number of thioether (sulfide) groups is 1. The van der Waals surface area contributed by atoms with Gasteiger partial charge in [-0.15, -0.1) is 11.8 Å². The van der Waals surface area contributed by atoms with E-state index in [1.807, 2.05) is 26.0 Å². The monoisotopic (exact) mass is 405 g/mol. The van der Waals surface area contributed by atoms with Crippen LogP contribution in [0.1, 0.15) is 18.1 Å². The minimum Gasteiger partial charge on any atom is -0.493 e. The predicted molar refractivity (Wildman–Crippen MR) is 113 cm³/mol. The number of hydrogen-bond donors (Lipinski definition) is 1. The standard InChI is InChI=1S/C21H27NO5S/c1-6-27-17-8-7-16(11-20(17)26-5)22-21(23)13-28-12-15-10-19(25-4)18(24-3)9-14(15)2/h7-11H,6,12-13H2,1-5H3,(H,22,23). The van der Waals surface area contributed by atoms with Crippen LogP contribution in [0.15, 0.2) is 30.3 Å². The lowest BCUT2D eigenvalue weighted by molar-refractivity contribution is -0.113. The number of nitrogens with one attached hydrogen (secondary N) is 1. The van der Waals surface area contributed by atoms with Gasteiger partial charge in [-0.2, -0.15) is 0 Å². The van der Waals surface area contributed by atoms with E-state index in [9.17, 15) is 4.79 Å². The van der Waals surface area contributed by atoms with Crippen LogP contribution >= 0.6 is 11.8 Å². The molecule has 0 saturated heterocycles. The fourth-order valence-corrected chi connectivity index (χ4v) is 3.54. The summed E-state index contributed by atoms with van der Waals surface area (Å²) in [5.74, 6) is 3.60. The van der Waals surface area contributed by atoms with Gasteiger partial charge in [0.1, 0.15) is 0 Å². The first kappa shape index (κ1) is 21.8. The number of aryl methyl sites for hydroxylation is 1. The van der Waals surface area contributed by atoms with Crippen LogP contribution in [0, 0.1) is 6.92 Å². The van der Waals surface area contributed by atoms with Crippen molar-refractivity contribution in [1.82, 2.24) is 0 Å². The first-order valence-electron chi connectivity index (χ1n) is 8.92. The van der Waals surface area contributed by atoms with Gasteiger partial charge in [0.25, 0.3) is 0 Å². The highest BCUT2D eigenvalue weighted by molar-refractivity contribution is 7.99. The molecule has 7 heteroatoms. The second-order valence-electron chi connectivity index (χ2n) is 5.97. The van der Waals surface area contributed by atoms with Crippen molar-refractivity contribution >= 4 is 23.4 Å². The number of benzene rings is 2. The lowest BCUT2D eigenvalue weighted by Crippen LogP contribution is -2.14. The molecule has 6 nitrogen and oxygen atoms in total. The Labute approximate surface area is 170 Å². The van der Waals surface area contributed by atoms with Crippen LogP contribution in [-0.4, -0.2) is 39.6 Å². The summed E-state index contributed by atoms with van der Waals surface area (Å²) in [5.41, 5.74) is 2.88. The van der Waals surface area contributed by atoms with E-state index in [2.05, 4.69) is 5.32 Å². The van der Waals surface area contributed by atoms with Crippen LogP contribution in [0.5, 0.6) is 23.0 Å². The lowest BCUT2D eigenvalue weighted by Gasteiger charge is -2.13. The first-order chi connectivity index (χ1) is 13.5. The van der Waals surface area contributed by atoms with Crippen molar-refractivity contribution in [2.24, 2.45) is 0 Å².